The van der Waals surface area contributed by atoms with Crippen LogP contribution in [-0.4, -0.2) is 19.2 Å². The fraction of sp³-hybridized carbons (Fsp3) is 0.500. The van der Waals surface area contributed by atoms with E-state index in [1.165, 1.54) is 11.6 Å². The van der Waals surface area contributed by atoms with Crippen molar-refractivity contribution in [3.63, 3.8) is 0 Å². The van der Waals surface area contributed by atoms with Crippen LogP contribution in [0.2, 0.25) is 0 Å². The molecule has 15 heavy (non-hydrogen) atoms. The van der Waals surface area contributed by atoms with Gasteiger partial charge in [-0.05, 0) is 42.6 Å². The van der Waals surface area contributed by atoms with E-state index in [0.717, 1.165) is 24.9 Å². The average molecular weight is 207 g/mol. The highest BCUT2D eigenvalue weighted by Crippen LogP contribution is 2.33. The third-order valence-corrected chi connectivity index (χ3v) is 3.31. The van der Waals surface area contributed by atoms with Gasteiger partial charge in [0.25, 0.3) is 0 Å². The molecule has 2 atom stereocenters. The van der Waals surface area contributed by atoms with Gasteiger partial charge in [-0.25, -0.2) is 4.39 Å². The zero-order chi connectivity index (χ0) is 10.3. The first-order valence-electron chi connectivity index (χ1n) is 5.48. The summed E-state index contributed by atoms with van der Waals surface area (Å²) >= 11 is 0. The minimum atomic E-state index is -0.143. The summed E-state index contributed by atoms with van der Waals surface area (Å²) < 4.78 is 18.8. The zero-order valence-corrected chi connectivity index (χ0v) is 8.50. The second-order valence-corrected chi connectivity index (χ2v) is 4.23. The molecular formula is C12H14FNO. The molecule has 2 heterocycles. The molecule has 0 aliphatic carbocycles. The molecule has 1 saturated heterocycles. The van der Waals surface area contributed by atoms with Crippen LogP contribution in [0.25, 0.3) is 0 Å². The van der Waals surface area contributed by atoms with Crippen LogP contribution in [0.1, 0.15) is 23.7 Å². The average Bonchev–Trinajstić information content (AvgIpc) is 2.15. The van der Waals surface area contributed by atoms with Gasteiger partial charge in [0, 0.05) is 6.04 Å². The predicted octanol–water partition coefficient (Wildman–Crippen LogP) is 1.80. The van der Waals surface area contributed by atoms with E-state index in [-0.39, 0.29) is 11.9 Å². The normalized spacial score (nSPS) is 29.4. The van der Waals surface area contributed by atoms with Crippen LogP contribution in [0.15, 0.2) is 18.2 Å². The van der Waals surface area contributed by atoms with Gasteiger partial charge in [0.1, 0.15) is 5.82 Å². The fourth-order valence-electron chi connectivity index (χ4n) is 2.36. The molecule has 0 saturated carbocycles. The molecule has 3 rings (SSSR count). The fourth-order valence-corrected chi connectivity index (χ4v) is 2.36. The molecular weight excluding hydrogens is 193 g/mol. The molecule has 1 N–H and O–H groups in total. The number of fused-ring (bicyclic) bond motifs is 1. The van der Waals surface area contributed by atoms with Gasteiger partial charge in [0.15, 0.2) is 0 Å². The topological polar surface area (TPSA) is 21.3 Å². The van der Waals surface area contributed by atoms with E-state index in [4.69, 9.17) is 4.74 Å². The molecule has 0 radical (unpaired) electrons. The lowest BCUT2D eigenvalue weighted by Crippen LogP contribution is -2.48. The molecule has 0 unspecified atom stereocenters. The minimum absolute atomic E-state index is 0.128. The van der Waals surface area contributed by atoms with Crippen LogP contribution in [0.4, 0.5) is 4.39 Å². The van der Waals surface area contributed by atoms with Crippen LogP contribution in [0, 0.1) is 5.82 Å². The monoisotopic (exact) mass is 207 g/mol. The quantitative estimate of drug-likeness (QED) is 0.758. The Labute approximate surface area is 88.4 Å². The van der Waals surface area contributed by atoms with Crippen LogP contribution >= 0.6 is 0 Å². The highest BCUT2D eigenvalue weighted by atomic mass is 19.1. The molecule has 1 aromatic rings. The van der Waals surface area contributed by atoms with Gasteiger partial charge < -0.3 is 10.1 Å². The first kappa shape index (κ1) is 9.31. The van der Waals surface area contributed by atoms with Crippen molar-refractivity contribution in [1.82, 2.24) is 5.32 Å². The van der Waals surface area contributed by atoms with E-state index in [1.54, 1.807) is 6.07 Å². The van der Waals surface area contributed by atoms with Crippen molar-refractivity contribution in [3.05, 3.63) is 35.1 Å². The van der Waals surface area contributed by atoms with Crippen LogP contribution < -0.4 is 5.32 Å². The molecule has 0 amide bonds. The Morgan fingerprint density at radius 2 is 2.27 bits per heavy atom. The molecule has 0 aromatic heterocycles. The van der Waals surface area contributed by atoms with Gasteiger partial charge >= 0.3 is 0 Å². The molecule has 3 heteroatoms. The zero-order valence-electron chi connectivity index (χ0n) is 8.50. The Morgan fingerprint density at radius 3 is 3.00 bits per heavy atom. The smallest absolute Gasteiger partial charge is 0.123 e. The molecule has 0 spiro atoms. The highest BCUT2D eigenvalue weighted by molar-refractivity contribution is 5.33. The number of hydrogen-bond donors (Lipinski definition) is 1. The van der Waals surface area contributed by atoms with E-state index < -0.39 is 0 Å². The van der Waals surface area contributed by atoms with Crippen molar-refractivity contribution in [2.45, 2.75) is 25.0 Å². The maximum absolute atomic E-state index is 13.1. The van der Waals surface area contributed by atoms with Crippen LogP contribution in [-0.2, 0) is 11.2 Å². The molecule has 80 valence electrons. The van der Waals surface area contributed by atoms with E-state index in [2.05, 4.69) is 5.32 Å². The van der Waals surface area contributed by atoms with Gasteiger partial charge in [0.05, 0.1) is 12.7 Å². The first-order valence-corrected chi connectivity index (χ1v) is 5.48. The number of ether oxygens (including phenoxy) is 1. The minimum Gasteiger partial charge on any atom is -0.372 e. The Morgan fingerprint density at radius 1 is 1.40 bits per heavy atom. The third kappa shape index (κ3) is 1.56. The molecule has 2 aliphatic rings. The second kappa shape index (κ2) is 3.58. The molecule has 2 aliphatic heterocycles. The summed E-state index contributed by atoms with van der Waals surface area (Å²) in [5.41, 5.74) is 2.28. The van der Waals surface area contributed by atoms with Crippen molar-refractivity contribution in [2.75, 3.05) is 13.2 Å². The summed E-state index contributed by atoms with van der Waals surface area (Å²) in [6.07, 6.45) is 2.11. The lowest BCUT2D eigenvalue weighted by atomic mass is 9.89. The predicted molar refractivity (Wildman–Crippen MR) is 55.2 cm³/mol. The molecule has 0 bridgehead atoms. The first-order chi connectivity index (χ1) is 7.34. The number of nitrogens with one attached hydrogen (secondary N) is 1. The van der Waals surface area contributed by atoms with Gasteiger partial charge in [-0.15, -0.1) is 0 Å². The SMILES string of the molecule is Fc1ccc2c(c1)CCO[C@H]2[C@H]1CCN1. The Bertz CT molecular complexity index is 376. The maximum Gasteiger partial charge on any atom is 0.123 e. The van der Waals surface area contributed by atoms with Crippen molar-refractivity contribution < 1.29 is 9.13 Å². The number of halogens is 1. The lowest BCUT2D eigenvalue weighted by Gasteiger charge is -2.38. The third-order valence-electron chi connectivity index (χ3n) is 3.31. The lowest BCUT2D eigenvalue weighted by molar-refractivity contribution is -0.00159. The summed E-state index contributed by atoms with van der Waals surface area (Å²) in [7, 11) is 0. The van der Waals surface area contributed by atoms with Crippen molar-refractivity contribution in [3.8, 4) is 0 Å². The largest absolute Gasteiger partial charge is 0.372 e. The van der Waals surface area contributed by atoms with Crippen molar-refractivity contribution in [1.29, 1.82) is 0 Å². The van der Waals surface area contributed by atoms with Gasteiger partial charge in [-0.2, -0.15) is 0 Å². The van der Waals surface area contributed by atoms with E-state index in [1.807, 2.05) is 6.07 Å². The molecule has 2 nitrogen and oxygen atoms in total. The van der Waals surface area contributed by atoms with Crippen molar-refractivity contribution >= 4 is 0 Å². The number of rotatable bonds is 1. The van der Waals surface area contributed by atoms with E-state index in [0.29, 0.717) is 12.6 Å². The van der Waals surface area contributed by atoms with Crippen LogP contribution in [0.5, 0.6) is 0 Å². The van der Waals surface area contributed by atoms with E-state index in [9.17, 15) is 4.39 Å². The Kier molecular flexibility index (Phi) is 2.22. The Hall–Kier alpha value is -0.930. The standard InChI is InChI=1S/C12H14FNO/c13-9-1-2-10-8(7-9)4-6-15-12(10)11-3-5-14-11/h1-2,7,11-12,14H,3-6H2/t11-,12-/m1/s1. The number of benzene rings is 1. The number of hydrogen-bond acceptors (Lipinski definition) is 2. The molecule has 1 aromatic carbocycles. The highest BCUT2D eigenvalue weighted by Gasteiger charge is 2.32. The van der Waals surface area contributed by atoms with E-state index >= 15 is 0 Å². The summed E-state index contributed by atoms with van der Waals surface area (Å²) in [5.74, 6) is -0.143. The summed E-state index contributed by atoms with van der Waals surface area (Å²) in [4.78, 5) is 0. The maximum atomic E-state index is 13.1. The summed E-state index contributed by atoms with van der Waals surface area (Å²) in [5, 5.41) is 3.35. The Balaban J connectivity index is 1.95. The molecule has 1 fully saturated rings. The summed E-state index contributed by atoms with van der Waals surface area (Å²) in [6, 6.07) is 5.46. The summed E-state index contributed by atoms with van der Waals surface area (Å²) in [6.45, 7) is 1.78. The van der Waals surface area contributed by atoms with Gasteiger partial charge in [-0.3, -0.25) is 0 Å². The van der Waals surface area contributed by atoms with Gasteiger partial charge in [-0.1, -0.05) is 6.07 Å². The second-order valence-electron chi connectivity index (χ2n) is 4.23. The van der Waals surface area contributed by atoms with Gasteiger partial charge in [0.2, 0.25) is 0 Å². The van der Waals surface area contributed by atoms with Crippen LogP contribution in [0.3, 0.4) is 0 Å². The van der Waals surface area contributed by atoms with Crippen molar-refractivity contribution in [2.24, 2.45) is 0 Å².